The number of nitro benzene ring substituents is 1. The molecule has 2 N–H and O–H groups in total. The molecule has 25 heavy (non-hydrogen) atoms. The summed E-state index contributed by atoms with van der Waals surface area (Å²) in [5, 5.41) is 16.5. The largest absolute Gasteiger partial charge is 0.479 e. The molecule has 0 fully saturated rings. The van der Waals surface area contributed by atoms with Gasteiger partial charge in [0.05, 0.1) is 10.6 Å². The molecule has 0 radical (unpaired) electrons. The van der Waals surface area contributed by atoms with Crippen LogP contribution in [0, 0.1) is 10.1 Å². The highest BCUT2D eigenvalue weighted by molar-refractivity contribution is 6.31. The maximum Gasteiger partial charge on any atom is 0.283 e. The summed E-state index contributed by atoms with van der Waals surface area (Å²) in [4.78, 5) is 34.4. The molecule has 2 amide bonds. The van der Waals surface area contributed by atoms with Crippen molar-refractivity contribution in [2.75, 3.05) is 10.6 Å². The van der Waals surface area contributed by atoms with Crippen LogP contribution in [0.15, 0.2) is 36.4 Å². The van der Waals surface area contributed by atoms with Gasteiger partial charge in [0.1, 0.15) is 11.3 Å². The fraction of sp³-hybridized carbons (Fsp3) is 0.125. The van der Waals surface area contributed by atoms with Crippen molar-refractivity contribution in [1.29, 1.82) is 0 Å². The molecule has 0 spiro atoms. The fourth-order valence-corrected chi connectivity index (χ4v) is 2.50. The maximum atomic E-state index is 12.4. The summed E-state index contributed by atoms with van der Waals surface area (Å²) in [7, 11) is 0. The summed E-state index contributed by atoms with van der Waals surface area (Å²) in [6.07, 6.45) is -0.607. The molecule has 1 atom stereocenters. The molecule has 1 aliphatic rings. The Morgan fingerprint density at radius 3 is 2.80 bits per heavy atom. The summed E-state index contributed by atoms with van der Waals surface area (Å²) in [6, 6.07) is 8.46. The second kappa shape index (κ2) is 6.40. The van der Waals surface area contributed by atoms with Crippen LogP contribution in [0.25, 0.3) is 0 Å². The van der Waals surface area contributed by atoms with Crippen molar-refractivity contribution in [2.45, 2.75) is 13.0 Å². The lowest BCUT2D eigenvalue weighted by Crippen LogP contribution is -2.34. The van der Waals surface area contributed by atoms with E-state index in [0.717, 1.165) is 6.07 Å². The number of benzene rings is 2. The van der Waals surface area contributed by atoms with E-state index >= 15 is 0 Å². The Labute approximate surface area is 146 Å². The fourth-order valence-electron chi connectivity index (χ4n) is 2.33. The van der Waals surface area contributed by atoms with Crippen LogP contribution >= 0.6 is 11.6 Å². The number of amides is 2. The maximum absolute atomic E-state index is 12.4. The number of halogens is 1. The van der Waals surface area contributed by atoms with E-state index in [9.17, 15) is 19.7 Å². The van der Waals surface area contributed by atoms with Crippen molar-refractivity contribution >= 4 is 40.5 Å². The zero-order chi connectivity index (χ0) is 18.1. The molecule has 1 heterocycles. The predicted octanol–water partition coefficient (Wildman–Crippen LogP) is 3.22. The van der Waals surface area contributed by atoms with Gasteiger partial charge in [-0.05, 0) is 37.3 Å². The van der Waals surface area contributed by atoms with Gasteiger partial charge in [-0.1, -0.05) is 11.6 Å². The molecule has 2 aromatic carbocycles. The summed E-state index contributed by atoms with van der Waals surface area (Å²) in [5.74, 6) is -0.494. The van der Waals surface area contributed by atoms with Gasteiger partial charge in [0.2, 0.25) is 0 Å². The van der Waals surface area contributed by atoms with Crippen molar-refractivity contribution in [3.05, 3.63) is 57.1 Å². The number of rotatable bonds is 3. The Bertz CT molecular complexity index is 899. The van der Waals surface area contributed by atoms with Crippen LogP contribution in [0.4, 0.5) is 17.1 Å². The molecular weight excluding hydrogens is 350 g/mol. The zero-order valence-corrected chi connectivity index (χ0v) is 13.7. The lowest BCUT2D eigenvalue weighted by Gasteiger charge is -2.23. The number of carbonyl (C=O) groups excluding carboxylic acids is 2. The first kappa shape index (κ1) is 16.7. The number of nitrogens with one attached hydrogen (secondary N) is 2. The molecule has 9 heteroatoms. The Morgan fingerprint density at radius 1 is 1.32 bits per heavy atom. The first-order valence-electron chi connectivity index (χ1n) is 7.22. The molecule has 0 bridgehead atoms. The molecule has 0 unspecified atom stereocenters. The van der Waals surface area contributed by atoms with E-state index in [1.54, 1.807) is 19.1 Å². The molecular formula is C16H12ClN3O5. The molecule has 128 valence electrons. The Hall–Kier alpha value is -3.13. The summed E-state index contributed by atoms with van der Waals surface area (Å²) < 4.78 is 5.42. The van der Waals surface area contributed by atoms with Crippen LogP contribution in [-0.2, 0) is 4.79 Å². The van der Waals surface area contributed by atoms with Crippen molar-refractivity contribution in [2.24, 2.45) is 0 Å². The normalized spacial score (nSPS) is 15.6. The van der Waals surface area contributed by atoms with E-state index in [2.05, 4.69) is 10.6 Å². The number of hydrogen-bond acceptors (Lipinski definition) is 5. The van der Waals surface area contributed by atoms with Crippen molar-refractivity contribution in [3.8, 4) is 5.75 Å². The molecule has 2 aromatic rings. The molecule has 3 rings (SSSR count). The highest BCUT2D eigenvalue weighted by Gasteiger charge is 2.25. The summed E-state index contributed by atoms with van der Waals surface area (Å²) in [5.41, 5.74) is 0.243. The minimum atomic E-state index is -0.677. The smallest absolute Gasteiger partial charge is 0.283 e. The topological polar surface area (TPSA) is 111 Å². The Kier molecular flexibility index (Phi) is 4.28. The standard InChI is InChI=1S/C16H12ClN3O5/c1-8-15(21)19-12-7-10(3-5-14(12)25-8)18-16(22)11-4-2-9(17)6-13(11)20(23)24/h2-8H,1H3,(H,18,22)(H,19,21)/t8-/m0/s1. The van der Waals surface area contributed by atoms with Gasteiger partial charge >= 0.3 is 0 Å². The number of carbonyl (C=O) groups is 2. The number of nitro groups is 1. The first-order chi connectivity index (χ1) is 11.8. The van der Waals surface area contributed by atoms with Crippen LogP contribution in [0.1, 0.15) is 17.3 Å². The van der Waals surface area contributed by atoms with Crippen LogP contribution in [-0.4, -0.2) is 22.8 Å². The lowest BCUT2D eigenvalue weighted by molar-refractivity contribution is -0.385. The van der Waals surface area contributed by atoms with Gasteiger partial charge < -0.3 is 15.4 Å². The number of fused-ring (bicyclic) bond motifs is 1. The Morgan fingerprint density at radius 2 is 2.08 bits per heavy atom. The molecule has 1 aliphatic heterocycles. The minimum Gasteiger partial charge on any atom is -0.479 e. The summed E-state index contributed by atoms with van der Waals surface area (Å²) in [6.45, 7) is 1.62. The molecule has 0 saturated carbocycles. The highest BCUT2D eigenvalue weighted by Crippen LogP contribution is 2.32. The third-order valence-electron chi connectivity index (χ3n) is 3.57. The molecule has 8 nitrogen and oxygen atoms in total. The number of anilines is 2. The zero-order valence-electron chi connectivity index (χ0n) is 12.9. The van der Waals surface area contributed by atoms with Gasteiger partial charge in [-0.3, -0.25) is 19.7 Å². The number of nitrogens with zero attached hydrogens (tertiary/aromatic N) is 1. The van der Waals surface area contributed by atoms with Gasteiger partial charge in [0, 0.05) is 16.8 Å². The average Bonchev–Trinajstić information content (AvgIpc) is 2.56. The van der Waals surface area contributed by atoms with Gasteiger partial charge in [0.25, 0.3) is 17.5 Å². The number of ether oxygens (including phenoxy) is 1. The van der Waals surface area contributed by atoms with Crippen LogP contribution in [0.5, 0.6) is 5.75 Å². The summed E-state index contributed by atoms with van der Waals surface area (Å²) >= 11 is 5.74. The number of hydrogen-bond donors (Lipinski definition) is 2. The molecule has 0 saturated heterocycles. The van der Waals surface area contributed by atoms with Crippen LogP contribution in [0.2, 0.25) is 5.02 Å². The Balaban J connectivity index is 1.86. The molecule has 0 aliphatic carbocycles. The van der Waals surface area contributed by atoms with E-state index in [1.807, 2.05) is 0 Å². The van der Waals surface area contributed by atoms with E-state index in [0.29, 0.717) is 17.1 Å². The highest BCUT2D eigenvalue weighted by atomic mass is 35.5. The van der Waals surface area contributed by atoms with Crippen LogP contribution < -0.4 is 15.4 Å². The third-order valence-corrected chi connectivity index (χ3v) is 3.80. The monoisotopic (exact) mass is 361 g/mol. The lowest BCUT2D eigenvalue weighted by atomic mass is 10.1. The van der Waals surface area contributed by atoms with Crippen molar-refractivity contribution in [1.82, 2.24) is 0 Å². The van der Waals surface area contributed by atoms with Gasteiger partial charge in [0.15, 0.2) is 6.10 Å². The van der Waals surface area contributed by atoms with Crippen molar-refractivity contribution in [3.63, 3.8) is 0 Å². The minimum absolute atomic E-state index is 0.124. The SMILES string of the molecule is C[C@@H]1Oc2ccc(NC(=O)c3ccc(Cl)cc3[N+](=O)[O-])cc2NC1=O. The van der Waals surface area contributed by atoms with E-state index in [1.165, 1.54) is 18.2 Å². The van der Waals surface area contributed by atoms with Gasteiger partial charge in [-0.15, -0.1) is 0 Å². The second-order valence-corrected chi connectivity index (χ2v) is 5.77. The van der Waals surface area contributed by atoms with Gasteiger partial charge in [-0.25, -0.2) is 0 Å². The van der Waals surface area contributed by atoms with E-state index < -0.39 is 22.6 Å². The van der Waals surface area contributed by atoms with E-state index in [4.69, 9.17) is 16.3 Å². The average molecular weight is 362 g/mol. The predicted molar refractivity (Wildman–Crippen MR) is 91.2 cm³/mol. The van der Waals surface area contributed by atoms with Gasteiger partial charge in [-0.2, -0.15) is 0 Å². The van der Waals surface area contributed by atoms with E-state index in [-0.39, 0.29) is 16.5 Å². The van der Waals surface area contributed by atoms with Crippen LogP contribution in [0.3, 0.4) is 0 Å². The molecule has 0 aromatic heterocycles. The third kappa shape index (κ3) is 3.38. The quantitative estimate of drug-likeness (QED) is 0.644. The second-order valence-electron chi connectivity index (χ2n) is 5.33. The first-order valence-corrected chi connectivity index (χ1v) is 7.60. The van der Waals surface area contributed by atoms with Crippen molar-refractivity contribution < 1.29 is 19.2 Å².